The SMILES string of the molecule is CC1(C)CCC[C@]2(C)[C@@H]1CC[C@]13[C@H]4[C@H](OC(=O)[C@H]4CC[C@@H]21)O[C@H]3O. The largest absolute Gasteiger partial charge is 0.435 e. The van der Waals surface area contributed by atoms with E-state index in [1.54, 1.807) is 0 Å². The molecule has 0 radical (unpaired) electrons. The van der Waals surface area contributed by atoms with Gasteiger partial charge in [-0.3, -0.25) is 4.79 Å². The van der Waals surface area contributed by atoms with Gasteiger partial charge in [-0.1, -0.05) is 27.2 Å². The Kier molecular flexibility index (Phi) is 2.97. The van der Waals surface area contributed by atoms with Crippen LogP contribution in [-0.2, 0) is 14.3 Å². The molecule has 24 heavy (non-hydrogen) atoms. The molecule has 0 aromatic carbocycles. The predicted molar refractivity (Wildman–Crippen MR) is 87.6 cm³/mol. The topological polar surface area (TPSA) is 55.8 Å². The Morgan fingerprint density at radius 2 is 1.83 bits per heavy atom. The van der Waals surface area contributed by atoms with Crippen LogP contribution in [0.4, 0.5) is 0 Å². The first-order valence-corrected chi connectivity index (χ1v) is 9.85. The average molecular weight is 334 g/mol. The highest BCUT2D eigenvalue weighted by atomic mass is 16.8. The summed E-state index contributed by atoms with van der Waals surface area (Å²) in [7, 11) is 0. The molecule has 5 aliphatic rings. The van der Waals surface area contributed by atoms with Gasteiger partial charge >= 0.3 is 5.97 Å². The predicted octanol–water partition coefficient (Wildman–Crippen LogP) is 3.47. The number of carbonyl (C=O) groups excluding carboxylic acids is 1. The molecule has 3 aliphatic carbocycles. The number of aliphatic hydroxyl groups is 1. The summed E-state index contributed by atoms with van der Waals surface area (Å²) < 4.78 is 11.3. The van der Waals surface area contributed by atoms with Gasteiger partial charge in [0.2, 0.25) is 6.29 Å². The Bertz CT molecular complexity index is 586. The van der Waals surface area contributed by atoms with Crippen molar-refractivity contribution < 1.29 is 19.4 Å². The fourth-order valence-electron chi connectivity index (χ4n) is 8.19. The van der Waals surface area contributed by atoms with Crippen molar-refractivity contribution in [1.82, 2.24) is 0 Å². The second-order valence-corrected chi connectivity index (χ2v) is 10.1. The minimum Gasteiger partial charge on any atom is -0.435 e. The summed E-state index contributed by atoms with van der Waals surface area (Å²) in [5.74, 6) is 1.07. The molecule has 0 aromatic rings. The van der Waals surface area contributed by atoms with Crippen molar-refractivity contribution in [3.63, 3.8) is 0 Å². The Balaban J connectivity index is 1.61. The molecule has 5 fully saturated rings. The summed E-state index contributed by atoms with van der Waals surface area (Å²) in [4.78, 5) is 12.3. The summed E-state index contributed by atoms with van der Waals surface area (Å²) in [6.45, 7) is 7.35. The molecule has 1 spiro atoms. The third-order valence-electron chi connectivity index (χ3n) is 8.96. The molecule has 4 heteroatoms. The normalized spacial score (nSPS) is 57.8. The first kappa shape index (κ1) is 15.6. The molecule has 0 amide bonds. The zero-order valence-electron chi connectivity index (χ0n) is 15.1. The van der Waals surface area contributed by atoms with E-state index in [2.05, 4.69) is 20.8 Å². The van der Waals surface area contributed by atoms with E-state index >= 15 is 0 Å². The summed E-state index contributed by atoms with van der Waals surface area (Å²) in [6.07, 6.45) is 6.63. The smallest absolute Gasteiger partial charge is 0.311 e. The molecule has 2 aliphatic heterocycles. The van der Waals surface area contributed by atoms with Gasteiger partial charge in [0.1, 0.15) is 0 Å². The molecule has 2 saturated heterocycles. The highest BCUT2D eigenvalue weighted by Crippen LogP contribution is 2.73. The molecule has 5 rings (SSSR count). The maximum absolute atomic E-state index is 12.3. The lowest BCUT2D eigenvalue weighted by atomic mass is 9.38. The van der Waals surface area contributed by atoms with Gasteiger partial charge < -0.3 is 14.6 Å². The van der Waals surface area contributed by atoms with E-state index in [1.807, 2.05) is 0 Å². The van der Waals surface area contributed by atoms with Crippen molar-refractivity contribution in [3.05, 3.63) is 0 Å². The molecule has 3 saturated carbocycles. The van der Waals surface area contributed by atoms with Gasteiger partial charge in [0.05, 0.1) is 5.92 Å². The molecular formula is C20H30O4. The van der Waals surface area contributed by atoms with Gasteiger partial charge in [-0.15, -0.1) is 0 Å². The number of fused-ring (bicyclic) bond motifs is 2. The van der Waals surface area contributed by atoms with Crippen molar-refractivity contribution in [1.29, 1.82) is 0 Å². The van der Waals surface area contributed by atoms with E-state index in [0.29, 0.717) is 17.3 Å². The quantitative estimate of drug-likeness (QED) is 0.689. The molecule has 0 bridgehead atoms. The third-order valence-corrected chi connectivity index (χ3v) is 8.96. The van der Waals surface area contributed by atoms with Crippen LogP contribution in [0.5, 0.6) is 0 Å². The van der Waals surface area contributed by atoms with Crippen molar-refractivity contribution in [2.75, 3.05) is 0 Å². The number of hydrogen-bond acceptors (Lipinski definition) is 4. The number of ether oxygens (including phenoxy) is 2. The van der Waals surface area contributed by atoms with Crippen LogP contribution in [-0.4, -0.2) is 23.7 Å². The molecule has 1 N–H and O–H groups in total. The van der Waals surface area contributed by atoms with Crippen molar-refractivity contribution in [2.24, 2.45) is 39.9 Å². The molecule has 8 atom stereocenters. The Hall–Kier alpha value is -0.610. The zero-order valence-corrected chi connectivity index (χ0v) is 15.1. The maximum Gasteiger partial charge on any atom is 0.311 e. The Labute approximate surface area is 144 Å². The molecule has 0 aromatic heterocycles. The molecule has 4 nitrogen and oxygen atoms in total. The van der Waals surface area contributed by atoms with Crippen LogP contribution in [0.3, 0.4) is 0 Å². The number of rotatable bonds is 0. The molecule has 2 heterocycles. The van der Waals surface area contributed by atoms with Gasteiger partial charge in [0, 0.05) is 11.3 Å². The first-order valence-electron chi connectivity index (χ1n) is 9.85. The van der Waals surface area contributed by atoms with Crippen LogP contribution in [0.1, 0.15) is 65.7 Å². The highest BCUT2D eigenvalue weighted by Gasteiger charge is 2.74. The average Bonchev–Trinajstić information content (AvgIpc) is 2.96. The van der Waals surface area contributed by atoms with Crippen molar-refractivity contribution >= 4 is 5.97 Å². The molecular weight excluding hydrogens is 304 g/mol. The van der Waals surface area contributed by atoms with Crippen LogP contribution in [0.2, 0.25) is 0 Å². The van der Waals surface area contributed by atoms with Crippen molar-refractivity contribution in [2.45, 2.75) is 78.3 Å². The van der Waals surface area contributed by atoms with Crippen LogP contribution in [0.15, 0.2) is 0 Å². The summed E-state index contributed by atoms with van der Waals surface area (Å²) in [6, 6.07) is 0. The molecule has 0 unspecified atom stereocenters. The lowest BCUT2D eigenvalue weighted by Crippen LogP contribution is -2.62. The van der Waals surface area contributed by atoms with E-state index in [4.69, 9.17) is 9.47 Å². The Morgan fingerprint density at radius 1 is 1.04 bits per heavy atom. The maximum atomic E-state index is 12.3. The summed E-state index contributed by atoms with van der Waals surface area (Å²) >= 11 is 0. The fraction of sp³-hybridized carbons (Fsp3) is 0.950. The Morgan fingerprint density at radius 3 is 2.62 bits per heavy atom. The minimum atomic E-state index is -0.767. The number of aliphatic hydroxyl groups excluding tert-OH is 1. The van der Waals surface area contributed by atoms with Gasteiger partial charge in [-0.05, 0) is 61.2 Å². The van der Waals surface area contributed by atoms with E-state index in [9.17, 15) is 9.90 Å². The van der Waals surface area contributed by atoms with Gasteiger partial charge in [-0.2, -0.15) is 0 Å². The van der Waals surface area contributed by atoms with E-state index < -0.39 is 12.6 Å². The lowest BCUT2D eigenvalue weighted by Gasteiger charge is -2.65. The number of carbonyl (C=O) groups is 1. The van der Waals surface area contributed by atoms with Crippen LogP contribution < -0.4 is 0 Å². The van der Waals surface area contributed by atoms with E-state index in [-0.39, 0.29) is 28.6 Å². The minimum absolute atomic E-state index is 0.0554. The van der Waals surface area contributed by atoms with Crippen LogP contribution in [0.25, 0.3) is 0 Å². The summed E-state index contributed by atoms with van der Waals surface area (Å²) in [5.41, 5.74) is 0.353. The molecule has 134 valence electrons. The van der Waals surface area contributed by atoms with Crippen molar-refractivity contribution in [3.8, 4) is 0 Å². The monoisotopic (exact) mass is 334 g/mol. The highest BCUT2D eigenvalue weighted by molar-refractivity contribution is 5.75. The standard InChI is InChI=1S/C20H30O4/c1-18(2)8-4-9-19(3)12(18)7-10-20-13(19)6-5-11-14(20)16(23-15(11)21)24-17(20)22/h11-14,16-17,22H,4-10H2,1-3H3/t11-,12+,13-,14+,16+,17+,19+,20+/m0/s1. The van der Waals surface area contributed by atoms with Gasteiger partial charge in [-0.25, -0.2) is 0 Å². The second kappa shape index (κ2) is 4.56. The number of hydrogen-bond donors (Lipinski definition) is 1. The second-order valence-electron chi connectivity index (χ2n) is 10.1. The summed E-state index contributed by atoms with van der Waals surface area (Å²) in [5, 5.41) is 10.9. The van der Waals surface area contributed by atoms with E-state index in [0.717, 1.165) is 25.7 Å². The number of esters is 1. The zero-order chi connectivity index (χ0) is 16.9. The first-order chi connectivity index (χ1) is 11.3. The third kappa shape index (κ3) is 1.61. The van der Waals surface area contributed by atoms with Gasteiger partial charge in [0.25, 0.3) is 0 Å². The van der Waals surface area contributed by atoms with Gasteiger partial charge in [0.15, 0.2) is 6.29 Å². The van der Waals surface area contributed by atoms with Crippen LogP contribution >= 0.6 is 0 Å². The fourth-order valence-corrected chi connectivity index (χ4v) is 8.19. The van der Waals surface area contributed by atoms with E-state index in [1.165, 1.54) is 19.3 Å². The van der Waals surface area contributed by atoms with Crippen LogP contribution in [0, 0.1) is 39.9 Å². The lowest BCUT2D eigenvalue weighted by molar-refractivity contribution is -0.241.